The van der Waals surface area contributed by atoms with Gasteiger partial charge < -0.3 is 10.6 Å². The maximum atomic E-state index is 12.8. The summed E-state index contributed by atoms with van der Waals surface area (Å²) in [7, 11) is 0. The second kappa shape index (κ2) is 8.89. The smallest absolute Gasteiger partial charge is 0.248 e. The van der Waals surface area contributed by atoms with Crippen LogP contribution in [0.4, 0.5) is 5.69 Å². The molecule has 0 aliphatic carbocycles. The minimum absolute atomic E-state index is 0.00444. The van der Waals surface area contributed by atoms with E-state index in [0.717, 1.165) is 15.4 Å². The van der Waals surface area contributed by atoms with E-state index >= 15 is 0 Å². The number of benzene rings is 3. The zero-order valence-electron chi connectivity index (χ0n) is 18.0. The quantitative estimate of drug-likeness (QED) is 0.607. The second-order valence-electron chi connectivity index (χ2n) is 8.01. The number of amides is 2. The molecule has 6 heteroatoms. The van der Waals surface area contributed by atoms with Gasteiger partial charge in [-0.25, -0.2) is 0 Å². The molecule has 0 aromatic heterocycles. The second-order valence-corrected chi connectivity index (χ2v) is 9.06. The van der Waals surface area contributed by atoms with Gasteiger partial charge in [-0.3, -0.25) is 9.59 Å². The summed E-state index contributed by atoms with van der Waals surface area (Å²) in [6.07, 6.45) is 0.375. The van der Waals surface area contributed by atoms with Crippen LogP contribution in [0.1, 0.15) is 45.0 Å². The Morgan fingerprint density at radius 1 is 1.09 bits per heavy atom. The fraction of sp³-hybridized carbons (Fsp3) is 0.192. The number of rotatable bonds is 5. The van der Waals surface area contributed by atoms with E-state index in [-0.39, 0.29) is 11.8 Å². The molecule has 32 heavy (non-hydrogen) atoms. The molecule has 1 fully saturated rings. The molecule has 1 aliphatic heterocycles. The van der Waals surface area contributed by atoms with Gasteiger partial charge >= 0.3 is 0 Å². The third-order valence-electron chi connectivity index (χ3n) is 5.79. The third kappa shape index (κ3) is 4.25. The van der Waals surface area contributed by atoms with E-state index < -0.39 is 5.91 Å². The van der Waals surface area contributed by atoms with Crippen molar-refractivity contribution in [2.75, 3.05) is 11.4 Å². The average molecular weight is 442 g/mol. The van der Waals surface area contributed by atoms with Crippen LogP contribution >= 0.6 is 11.8 Å². The van der Waals surface area contributed by atoms with Gasteiger partial charge in [-0.05, 0) is 60.9 Å². The first-order valence-electron chi connectivity index (χ1n) is 10.4. The minimum Gasteiger partial charge on any atom is -0.366 e. The van der Waals surface area contributed by atoms with Crippen molar-refractivity contribution in [2.24, 2.45) is 5.73 Å². The Kier molecular flexibility index (Phi) is 6.02. The molecule has 0 spiro atoms. The number of nitrogens with zero attached hydrogens (tertiary/aromatic N) is 2. The van der Waals surface area contributed by atoms with Gasteiger partial charge in [0.15, 0.2) is 0 Å². The molecule has 3 aromatic carbocycles. The van der Waals surface area contributed by atoms with E-state index in [2.05, 4.69) is 32.0 Å². The van der Waals surface area contributed by atoms with Gasteiger partial charge in [0.05, 0.1) is 5.56 Å². The molecule has 0 saturated carbocycles. The van der Waals surface area contributed by atoms with Crippen molar-refractivity contribution in [3.05, 3.63) is 88.5 Å². The van der Waals surface area contributed by atoms with Gasteiger partial charge in [0.1, 0.15) is 6.07 Å². The Hall–Kier alpha value is -3.56. The van der Waals surface area contributed by atoms with Crippen molar-refractivity contribution in [2.45, 2.75) is 36.0 Å². The van der Waals surface area contributed by atoms with E-state index in [1.165, 1.54) is 11.1 Å². The summed E-state index contributed by atoms with van der Waals surface area (Å²) in [6, 6.07) is 21.1. The Morgan fingerprint density at radius 2 is 1.81 bits per heavy atom. The van der Waals surface area contributed by atoms with E-state index in [4.69, 9.17) is 5.73 Å². The predicted molar refractivity (Wildman–Crippen MR) is 126 cm³/mol. The van der Waals surface area contributed by atoms with Crippen molar-refractivity contribution >= 4 is 29.3 Å². The van der Waals surface area contributed by atoms with Gasteiger partial charge in [0, 0.05) is 39.9 Å². The molecule has 1 heterocycles. The monoisotopic (exact) mass is 441 g/mol. The lowest BCUT2D eigenvalue weighted by Crippen LogP contribution is -2.24. The van der Waals surface area contributed by atoms with Crippen molar-refractivity contribution in [1.29, 1.82) is 5.26 Å². The summed E-state index contributed by atoms with van der Waals surface area (Å²) < 4.78 is 0. The number of primary amides is 1. The van der Waals surface area contributed by atoms with Crippen LogP contribution in [-0.2, 0) is 4.79 Å². The number of hydrogen-bond donors (Lipinski definition) is 1. The van der Waals surface area contributed by atoms with Crippen LogP contribution in [-0.4, -0.2) is 18.4 Å². The first-order valence-corrected chi connectivity index (χ1v) is 11.2. The lowest BCUT2D eigenvalue weighted by Gasteiger charge is -2.18. The molecule has 1 aliphatic rings. The normalized spacial score (nSPS) is 15.6. The zero-order valence-corrected chi connectivity index (χ0v) is 18.8. The van der Waals surface area contributed by atoms with E-state index in [0.29, 0.717) is 29.8 Å². The fourth-order valence-electron chi connectivity index (χ4n) is 4.05. The topological polar surface area (TPSA) is 87.2 Å². The van der Waals surface area contributed by atoms with E-state index in [1.807, 2.05) is 30.3 Å². The lowest BCUT2D eigenvalue weighted by atomic mass is 9.97. The Balaban J connectivity index is 1.63. The van der Waals surface area contributed by atoms with Crippen LogP contribution in [0.5, 0.6) is 0 Å². The highest BCUT2D eigenvalue weighted by molar-refractivity contribution is 7.99. The SMILES string of the molecule is Cc1cccc(C)c1Sc1cc([C@H]2CC(=O)N(c3cccc(C(N)=O)c3)C2)ccc1C#N. The van der Waals surface area contributed by atoms with Crippen LogP contribution in [0, 0.1) is 25.2 Å². The molecule has 0 unspecified atom stereocenters. The number of nitriles is 1. The highest BCUT2D eigenvalue weighted by atomic mass is 32.2. The van der Waals surface area contributed by atoms with Crippen LogP contribution in [0.25, 0.3) is 0 Å². The number of aryl methyl sites for hydroxylation is 2. The maximum Gasteiger partial charge on any atom is 0.248 e. The lowest BCUT2D eigenvalue weighted by molar-refractivity contribution is -0.117. The summed E-state index contributed by atoms with van der Waals surface area (Å²) in [5, 5.41) is 9.63. The van der Waals surface area contributed by atoms with Gasteiger partial charge in [-0.1, -0.05) is 42.1 Å². The number of carbonyl (C=O) groups is 2. The first-order chi connectivity index (χ1) is 15.4. The number of anilines is 1. The molecule has 160 valence electrons. The number of carbonyl (C=O) groups excluding carboxylic acids is 2. The summed E-state index contributed by atoms with van der Waals surface area (Å²) in [5.74, 6) is -0.509. The third-order valence-corrected chi connectivity index (χ3v) is 7.19. The van der Waals surface area contributed by atoms with Gasteiger partial charge in [0.25, 0.3) is 0 Å². The fourth-order valence-corrected chi connectivity index (χ4v) is 5.14. The maximum absolute atomic E-state index is 12.8. The standard InChI is InChI=1S/C26H23N3O2S/c1-16-5-3-6-17(2)25(16)32-23-12-18(9-10-20(23)14-27)21-13-24(30)29(15-21)22-8-4-7-19(11-22)26(28)31/h3-12,21H,13,15H2,1-2H3,(H2,28,31)/t21-/m0/s1. The summed E-state index contributed by atoms with van der Waals surface area (Å²) in [4.78, 5) is 28.0. The summed E-state index contributed by atoms with van der Waals surface area (Å²) >= 11 is 1.60. The zero-order chi connectivity index (χ0) is 22.8. The number of nitrogens with two attached hydrogens (primary N) is 1. The Labute approximate surface area is 191 Å². The van der Waals surface area contributed by atoms with Crippen LogP contribution < -0.4 is 10.6 Å². The first kappa shape index (κ1) is 21.7. The van der Waals surface area contributed by atoms with Gasteiger partial charge in [-0.15, -0.1) is 0 Å². The summed E-state index contributed by atoms with van der Waals surface area (Å²) in [6.45, 7) is 4.65. The molecule has 5 nitrogen and oxygen atoms in total. The molecule has 2 amide bonds. The molecular weight excluding hydrogens is 418 g/mol. The van der Waals surface area contributed by atoms with Gasteiger partial charge in [-0.2, -0.15) is 5.26 Å². The molecule has 3 aromatic rings. The van der Waals surface area contributed by atoms with Crippen molar-refractivity contribution in [3.63, 3.8) is 0 Å². The van der Waals surface area contributed by atoms with E-state index in [9.17, 15) is 14.9 Å². The minimum atomic E-state index is -0.518. The van der Waals surface area contributed by atoms with Crippen LogP contribution in [0.2, 0.25) is 0 Å². The molecule has 0 radical (unpaired) electrons. The van der Waals surface area contributed by atoms with Crippen molar-refractivity contribution in [1.82, 2.24) is 0 Å². The van der Waals surface area contributed by atoms with Crippen LogP contribution in [0.15, 0.2) is 70.5 Å². The molecule has 0 bridgehead atoms. The predicted octanol–water partition coefficient (Wildman–Crippen LogP) is 4.95. The molecule has 4 rings (SSSR count). The highest BCUT2D eigenvalue weighted by Crippen LogP contribution is 2.38. The number of hydrogen-bond acceptors (Lipinski definition) is 4. The largest absolute Gasteiger partial charge is 0.366 e. The van der Waals surface area contributed by atoms with Crippen molar-refractivity contribution < 1.29 is 9.59 Å². The Morgan fingerprint density at radius 3 is 2.50 bits per heavy atom. The molecule has 2 N–H and O–H groups in total. The van der Waals surface area contributed by atoms with Gasteiger partial charge in [0.2, 0.25) is 11.8 Å². The molecule has 1 saturated heterocycles. The highest BCUT2D eigenvalue weighted by Gasteiger charge is 2.32. The van der Waals surface area contributed by atoms with Crippen molar-refractivity contribution in [3.8, 4) is 6.07 Å². The average Bonchev–Trinajstić information content (AvgIpc) is 3.18. The molecular formula is C26H23N3O2S. The Bertz CT molecular complexity index is 1240. The molecule has 1 atom stereocenters. The van der Waals surface area contributed by atoms with Crippen LogP contribution in [0.3, 0.4) is 0 Å². The summed E-state index contributed by atoms with van der Waals surface area (Å²) in [5.41, 5.74) is 10.4. The van der Waals surface area contributed by atoms with E-state index in [1.54, 1.807) is 34.9 Å².